The summed E-state index contributed by atoms with van der Waals surface area (Å²) in [6.07, 6.45) is -3.23. The minimum Gasteiger partial charge on any atom is -0.480 e. The number of hydrogen-bond donors (Lipinski definition) is 1. The molecule has 0 bridgehead atoms. The van der Waals surface area contributed by atoms with E-state index in [9.17, 15) is 5.11 Å². The maximum Gasteiger partial charge on any atom is 0.192 e. The van der Waals surface area contributed by atoms with Crippen LogP contribution in [0.1, 0.15) is 16.7 Å². The summed E-state index contributed by atoms with van der Waals surface area (Å²) >= 11 is 5.51. The third kappa shape index (κ3) is 6.00. The van der Waals surface area contributed by atoms with Gasteiger partial charge in [0, 0.05) is 0 Å². The molecule has 1 N–H and O–H groups in total. The van der Waals surface area contributed by atoms with Crippen molar-refractivity contribution in [1.29, 1.82) is 0 Å². The molecular formula is C26H26O5S. The van der Waals surface area contributed by atoms with Gasteiger partial charge in [-0.2, -0.15) is 0 Å². The van der Waals surface area contributed by atoms with Crippen LogP contribution in [0, 0.1) is 0 Å². The summed E-state index contributed by atoms with van der Waals surface area (Å²) < 4.78 is 23.8. The summed E-state index contributed by atoms with van der Waals surface area (Å²) in [4.78, 5) is 0. The minimum atomic E-state index is -1.18. The van der Waals surface area contributed by atoms with Crippen LogP contribution >= 0.6 is 12.2 Å². The van der Waals surface area contributed by atoms with E-state index in [4.69, 9.17) is 31.2 Å². The molecule has 0 saturated carbocycles. The van der Waals surface area contributed by atoms with Gasteiger partial charge in [-0.1, -0.05) is 91.0 Å². The van der Waals surface area contributed by atoms with Gasteiger partial charge in [0.2, 0.25) is 0 Å². The van der Waals surface area contributed by atoms with E-state index in [1.165, 1.54) is 0 Å². The first-order valence-electron chi connectivity index (χ1n) is 10.6. The Bertz CT molecular complexity index is 967. The highest BCUT2D eigenvalue weighted by atomic mass is 32.1. The molecule has 1 fully saturated rings. The highest BCUT2D eigenvalue weighted by Crippen LogP contribution is 2.29. The van der Waals surface area contributed by atoms with E-state index in [2.05, 4.69) is 0 Å². The lowest BCUT2D eigenvalue weighted by Gasteiger charge is -2.24. The third-order valence-electron chi connectivity index (χ3n) is 5.22. The van der Waals surface area contributed by atoms with E-state index in [0.717, 1.165) is 16.7 Å². The van der Waals surface area contributed by atoms with Crippen molar-refractivity contribution in [3.8, 4) is 0 Å². The summed E-state index contributed by atoms with van der Waals surface area (Å²) in [5.41, 5.74) is 2.99. The molecule has 4 atom stereocenters. The topological polar surface area (TPSA) is 57.2 Å². The van der Waals surface area contributed by atoms with Gasteiger partial charge in [-0.3, -0.25) is 0 Å². The molecule has 0 spiro atoms. The molecule has 5 nitrogen and oxygen atoms in total. The van der Waals surface area contributed by atoms with Gasteiger partial charge < -0.3 is 24.1 Å². The van der Waals surface area contributed by atoms with Crippen LogP contribution in [0.3, 0.4) is 0 Å². The second-order valence-corrected chi connectivity index (χ2v) is 7.97. The molecule has 1 aliphatic heterocycles. The van der Waals surface area contributed by atoms with E-state index in [1.54, 1.807) is 0 Å². The largest absolute Gasteiger partial charge is 0.480 e. The Morgan fingerprint density at radius 1 is 0.688 bits per heavy atom. The lowest BCUT2D eigenvalue weighted by molar-refractivity contribution is -0.146. The van der Waals surface area contributed by atoms with Gasteiger partial charge in [0.25, 0.3) is 0 Å². The van der Waals surface area contributed by atoms with Crippen LogP contribution in [0.25, 0.3) is 0 Å². The quantitative estimate of drug-likeness (QED) is 0.487. The van der Waals surface area contributed by atoms with Crippen molar-refractivity contribution >= 4 is 17.3 Å². The standard InChI is InChI=1S/C26H26O5S/c27-25-23(29-17-20-12-6-2-7-13-20)22(28-16-19-10-4-1-5-11-19)24(31-25)26(32)30-18-21-14-8-3-9-15-21/h1-15,22-25,27H,16-18H2/t22-,23+,24-,25?/m1/s1. The van der Waals surface area contributed by atoms with Gasteiger partial charge in [0.1, 0.15) is 18.8 Å². The molecule has 1 saturated heterocycles. The molecule has 0 amide bonds. The summed E-state index contributed by atoms with van der Waals surface area (Å²) in [5.74, 6) is 0. The van der Waals surface area contributed by atoms with E-state index in [-0.39, 0.29) is 5.05 Å². The summed E-state index contributed by atoms with van der Waals surface area (Å²) in [5, 5.41) is 10.8. The Kier molecular flexibility index (Phi) is 7.98. The van der Waals surface area contributed by atoms with Crippen LogP contribution in [-0.4, -0.2) is 34.8 Å². The SMILES string of the molecule is OC1O[C@@H](C(=S)OCc2ccccc2)[C@H](OCc2ccccc2)[C@@H]1OCc1ccccc1. The van der Waals surface area contributed by atoms with Crippen LogP contribution in [-0.2, 0) is 38.8 Å². The number of rotatable bonds is 9. The van der Waals surface area contributed by atoms with E-state index >= 15 is 0 Å². The van der Waals surface area contributed by atoms with Crippen LogP contribution in [0.15, 0.2) is 91.0 Å². The normalized spacial score (nSPS) is 22.5. The fraction of sp³-hybridized carbons (Fsp3) is 0.269. The minimum absolute atomic E-state index is 0.233. The van der Waals surface area contributed by atoms with Gasteiger partial charge in [-0.05, 0) is 28.9 Å². The van der Waals surface area contributed by atoms with Gasteiger partial charge in [-0.25, -0.2) is 0 Å². The second kappa shape index (κ2) is 11.3. The smallest absolute Gasteiger partial charge is 0.192 e. The molecular weight excluding hydrogens is 424 g/mol. The Morgan fingerprint density at radius 3 is 1.62 bits per heavy atom. The number of benzene rings is 3. The summed E-state index contributed by atoms with van der Waals surface area (Å²) in [7, 11) is 0. The van der Waals surface area contributed by atoms with Gasteiger partial charge in [0.15, 0.2) is 17.4 Å². The zero-order valence-electron chi connectivity index (χ0n) is 17.6. The summed E-state index contributed by atoms with van der Waals surface area (Å²) in [6, 6.07) is 29.3. The molecule has 166 valence electrons. The molecule has 6 heteroatoms. The monoisotopic (exact) mass is 450 g/mol. The zero-order valence-corrected chi connectivity index (χ0v) is 18.4. The Hall–Kier alpha value is -2.61. The molecule has 1 unspecified atom stereocenters. The van der Waals surface area contributed by atoms with Crippen molar-refractivity contribution in [3.05, 3.63) is 108 Å². The van der Waals surface area contributed by atoms with Crippen LogP contribution < -0.4 is 0 Å². The maximum atomic E-state index is 10.6. The molecule has 0 aliphatic carbocycles. The third-order valence-corrected chi connectivity index (χ3v) is 5.57. The Morgan fingerprint density at radius 2 is 1.12 bits per heavy atom. The van der Waals surface area contributed by atoms with Crippen molar-refractivity contribution in [2.45, 2.75) is 44.4 Å². The van der Waals surface area contributed by atoms with Gasteiger partial charge in [0.05, 0.1) is 13.2 Å². The molecule has 1 aliphatic rings. The first-order valence-corrected chi connectivity index (χ1v) is 11.0. The van der Waals surface area contributed by atoms with Crippen molar-refractivity contribution in [2.75, 3.05) is 0 Å². The average molecular weight is 451 g/mol. The van der Waals surface area contributed by atoms with Crippen molar-refractivity contribution in [3.63, 3.8) is 0 Å². The van der Waals surface area contributed by atoms with Crippen molar-refractivity contribution in [1.82, 2.24) is 0 Å². The number of aliphatic hydroxyl groups excluding tert-OH is 1. The average Bonchev–Trinajstić information content (AvgIpc) is 3.17. The van der Waals surface area contributed by atoms with E-state index < -0.39 is 24.6 Å². The molecule has 0 radical (unpaired) electrons. The molecule has 32 heavy (non-hydrogen) atoms. The highest BCUT2D eigenvalue weighted by Gasteiger charge is 2.48. The lowest BCUT2D eigenvalue weighted by Crippen LogP contribution is -2.40. The summed E-state index contributed by atoms with van der Waals surface area (Å²) in [6.45, 7) is 0.975. The fourth-order valence-corrected chi connectivity index (χ4v) is 3.78. The number of aliphatic hydroxyl groups is 1. The van der Waals surface area contributed by atoms with Gasteiger partial charge >= 0.3 is 0 Å². The van der Waals surface area contributed by atoms with E-state index in [1.807, 2.05) is 91.0 Å². The highest BCUT2D eigenvalue weighted by molar-refractivity contribution is 7.80. The van der Waals surface area contributed by atoms with Crippen LogP contribution in [0.4, 0.5) is 0 Å². The molecule has 3 aromatic rings. The predicted molar refractivity (Wildman–Crippen MR) is 125 cm³/mol. The maximum absolute atomic E-state index is 10.6. The predicted octanol–water partition coefficient (Wildman–Crippen LogP) is 4.42. The van der Waals surface area contributed by atoms with Crippen LogP contribution in [0.5, 0.6) is 0 Å². The van der Waals surface area contributed by atoms with Crippen LogP contribution in [0.2, 0.25) is 0 Å². The van der Waals surface area contributed by atoms with E-state index in [0.29, 0.717) is 19.8 Å². The number of hydrogen-bond acceptors (Lipinski definition) is 6. The van der Waals surface area contributed by atoms with Crippen molar-refractivity contribution in [2.24, 2.45) is 0 Å². The molecule has 1 heterocycles. The first kappa shape index (κ1) is 22.6. The fourth-order valence-electron chi connectivity index (χ4n) is 3.53. The number of thiocarbonyl (C=S) groups is 1. The second-order valence-electron chi connectivity index (χ2n) is 7.56. The number of ether oxygens (including phenoxy) is 4. The van der Waals surface area contributed by atoms with Gasteiger partial charge in [-0.15, -0.1) is 0 Å². The first-order chi connectivity index (χ1) is 15.7. The molecule has 3 aromatic carbocycles. The molecule has 0 aromatic heterocycles. The van der Waals surface area contributed by atoms with Crippen molar-refractivity contribution < 1.29 is 24.1 Å². The lowest BCUT2D eigenvalue weighted by atomic mass is 10.1. The zero-order chi connectivity index (χ0) is 22.2. The Balaban J connectivity index is 1.44. The Labute approximate surface area is 193 Å². The molecule has 4 rings (SSSR count).